The van der Waals surface area contributed by atoms with Crippen molar-refractivity contribution in [2.45, 2.75) is 17.2 Å². The third-order valence-corrected chi connectivity index (χ3v) is 3.89. The van der Waals surface area contributed by atoms with Gasteiger partial charge in [0.1, 0.15) is 5.75 Å². The molecule has 0 saturated carbocycles. The summed E-state index contributed by atoms with van der Waals surface area (Å²) in [4.78, 5) is 8.76. The number of aromatic nitrogens is 3. The molecule has 0 aliphatic carbocycles. The van der Waals surface area contributed by atoms with Crippen LogP contribution in [0.4, 0.5) is 0 Å². The predicted octanol–water partition coefficient (Wildman–Crippen LogP) is 0.167. The summed E-state index contributed by atoms with van der Waals surface area (Å²) in [5.74, 6) is 1.48. The summed E-state index contributed by atoms with van der Waals surface area (Å²) in [6, 6.07) is 7.88. The van der Waals surface area contributed by atoms with E-state index in [1.165, 1.54) is 0 Å². The van der Waals surface area contributed by atoms with Gasteiger partial charge in [0.25, 0.3) is 0 Å². The van der Waals surface area contributed by atoms with Crippen LogP contribution in [0, 0.1) is 0 Å². The fraction of sp³-hybridized carbons (Fsp3) is 0.286. The molecule has 6 N–H and O–H groups in total. The number of guanidine groups is 2. The average Bonchev–Trinajstić information content (AvgIpc) is 3.00. The van der Waals surface area contributed by atoms with Gasteiger partial charge in [-0.1, -0.05) is 11.3 Å². The average molecular weight is 348 g/mol. The van der Waals surface area contributed by atoms with E-state index in [0.29, 0.717) is 18.8 Å². The smallest absolute Gasteiger partial charge is 0.218 e. The summed E-state index contributed by atoms with van der Waals surface area (Å²) in [5, 5.41) is 8.19. The van der Waals surface area contributed by atoms with Crippen molar-refractivity contribution < 1.29 is 4.74 Å². The highest BCUT2D eigenvalue weighted by atomic mass is 32.2. The van der Waals surface area contributed by atoms with E-state index >= 15 is 0 Å². The Morgan fingerprint density at radius 1 is 1.33 bits per heavy atom. The molecule has 2 rings (SSSR count). The Kier molecular flexibility index (Phi) is 6.43. The van der Waals surface area contributed by atoms with Gasteiger partial charge in [-0.3, -0.25) is 4.68 Å². The van der Waals surface area contributed by atoms with Gasteiger partial charge >= 0.3 is 0 Å². The third kappa shape index (κ3) is 5.80. The van der Waals surface area contributed by atoms with Gasteiger partial charge < -0.3 is 21.9 Å². The molecule has 0 bridgehead atoms. The minimum Gasteiger partial charge on any atom is -0.497 e. The molecule has 10 heteroatoms. The Morgan fingerprint density at radius 3 is 2.92 bits per heavy atom. The van der Waals surface area contributed by atoms with E-state index in [1.807, 2.05) is 30.5 Å². The van der Waals surface area contributed by atoms with Crippen LogP contribution in [0.2, 0.25) is 0 Å². The molecule has 0 saturated heterocycles. The molecule has 1 aromatic carbocycles. The molecule has 0 spiro atoms. The van der Waals surface area contributed by atoms with Gasteiger partial charge in [-0.15, -0.1) is 16.9 Å². The number of aliphatic imine (C=N–C) groups is 2. The molecule has 0 atom stereocenters. The monoisotopic (exact) mass is 348 g/mol. The van der Waals surface area contributed by atoms with Crippen molar-refractivity contribution in [2.75, 3.05) is 13.7 Å². The molecule has 0 fully saturated rings. The number of nitrogens with two attached hydrogens (primary N) is 3. The fourth-order valence-corrected chi connectivity index (χ4v) is 2.62. The molecule has 0 amide bonds. The minimum absolute atomic E-state index is 0.0453. The van der Waals surface area contributed by atoms with Gasteiger partial charge in [-0.25, -0.2) is 4.99 Å². The van der Waals surface area contributed by atoms with Gasteiger partial charge in [-0.05, 0) is 18.2 Å². The quantitative estimate of drug-likeness (QED) is 0.367. The van der Waals surface area contributed by atoms with Crippen LogP contribution in [0.3, 0.4) is 0 Å². The maximum atomic E-state index is 5.52. The summed E-state index contributed by atoms with van der Waals surface area (Å²) < 4.78 is 6.91. The Labute approximate surface area is 144 Å². The lowest BCUT2D eigenvalue weighted by Gasteiger charge is -2.02. The summed E-state index contributed by atoms with van der Waals surface area (Å²) in [7, 11) is 1.65. The topological polar surface area (TPSA) is 143 Å². The highest BCUT2D eigenvalue weighted by Crippen LogP contribution is 2.25. The molecule has 24 heavy (non-hydrogen) atoms. The maximum Gasteiger partial charge on any atom is 0.218 e. The van der Waals surface area contributed by atoms with E-state index in [9.17, 15) is 0 Å². The van der Waals surface area contributed by atoms with Crippen molar-refractivity contribution in [3.05, 3.63) is 36.2 Å². The van der Waals surface area contributed by atoms with Crippen molar-refractivity contribution in [1.29, 1.82) is 0 Å². The van der Waals surface area contributed by atoms with Crippen molar-refractivity contribution in [2.24, 2.45) is 27.2 Å². The van der Waals surface area contributed by atoms with Gasteiger partial charge in [0.05, 0.1) is 25.9 Å². The summed E-state index contributed by atoms with van der Waals surface area (Å²) in [5.41, 5.74) is 16.8. The van der Waals surface area contributed by atoms with Crippen molar-refractivity contribution in [3.8, 4) is 5.75 Å². The van der Waals surface area contributed by atoms with Crippen LogP contribution >= 0.6 is 11.8 Å². The van der Waals surface area contributed by atoms with Crippen LogP contribution < -0.4 is 21.9 Å². The number of nitrogens with zero attached hydrogens (tertiary/aromatic N) is 5. The lowest BCUT2D eigenvalue weighted by Crippen LogP contribution is -2.26. The van der Waals surface area contributed by atoms with E-state index in [1.54, 1.807) is 23.6 Å². The summed E-state index contributed by atoms with van der Waals surface area (Å²) in [6.07, 6.45) is 1.87. The predicted molar refractivity (Wildman–Crippen MR) is 94.9 cm³/mol. The molecule has 1 heterocycles. The fourth-order valence-electron chi connectivity index (χ4n) is 1.80. The number of benzene rings is 1. The van der Waals surface area contributed by atoms with Crippen LogP contribution in [0.25, 0.3) is 0 Å². The van der Waals surface area contributed by atoms with Crippen LogP contribution in [-0.4, -0.2) is 40.6 Å². The zero-order chi connectivity index (χ0) is 17.4. The standard InChI is InChI=1S/C14H20N8OS/c1-23-11-3-2-4-12(7-11)24-9-10-8-22(21-20-10)6-5-18-14(17)19-13(15)16/h2-4,7-8H,5-6,9H2,1H3,(H6,15,16,17,18,19). The Morgan fingerprint density at radius 2 is 2.17 bits per heavy atom. The number of hydrogen-bond acceptors (Lipinski definition) is 5. The second-order valence-corrected chi connectivity index (χ2v) is 5.77. The molecule has 0 radical (unpaired) electrons. The first-order valence-corrected chi connectivity index (χ1v) is 8.11. The minimum atomic E-state index is -0.117. The van der Waals surface area contributed by atoms with Crippen LogP contribution in [0.5, 0.6) is 5.75 Å². The van der Waals surface area contributed by atoms with Gasteiger partial charge in [0.2, 0.25) is 5.96 Å². The van der Waals surface area contributed by atoms with Crippen molar-refractivity contribution in [3.63, 3.8) is 0 Å². The van der Waals surface area contributed by atoms with Gasteiger partial charge in [0.15, 0.2) is 5.96 Å². The molecular formula is C14H20N8OS. The number of thioether (sulfide) groups is 1. The zero-order valence-corrected chi connectivity index (χ0v) is 14.1. The molecule has 128 valence electrons. The molecule has 1 aromatic heterocycles. The number of hydrogen-bond donors (Lipinski definition) is 3. The van der Waals surface area contributed by atoms with E-state index in [4.69, 9.17) is 21.9 Å². The molecule has 0 unspecified atom stereocenters. The van der Waals surface area contributed by atoms with E-state index in [0.717, 1.165) is 16.3 Å². The second-order valence-electron chi connectivity index (χ2n) is 4.72. The maximum absolute atomic E-state index is 5.52. The van der Waals surface area contributed by atoms with E-state index in [2.05, 4.69) is 20.3 Å². The highest BCUT2D eigenvalue weighted by molar-refractivity contribution is 7.98. The Hall–Kier alpha value is -2.75. The molecule has 0 aliphatic rings. The Bertz CT molecular complexity index is 723. The largest absolute Gasteiger partial charge is 0.497 e. The first kappa shape index (κ1) is 17.6. The first-order valence-electron chi connectivity index (χ1n) is 7.12. The number of methoxy groups -OCH3 is 1. The van der Waals surface area contributed by atoms with Crippen molar-refractivity contribution >= 4 is 23.7 Å². The lowest BCUT2D eigenvalue weighted by molar-refractivity contribution is 0.413. The normalized spacial score (nSPS) is 11.3. The molecule has 2 aromatic rings. The number of ether oxygens (including phenoxy) is 1. The zero-order valence-electron chi connectivity index (χ0n) is 13.3. The first-order chi connectivity index (χ1) is 11.6. The highest BCUT2D eigenvalue weighted by Gasteiger charge is 2.03. The SMILES string of the molecule is COc1cccc(SCc2cn(CCN=C(N)N=C(N)N)nn2)c1. The van der Waals surface area contributed by atoms with Gasteiger partial charge in [0, 0.05) is 16.8 Å². The molecular weight excluding hydrogens is 328 g/mol. The lowest BCUT2D eigenvalue weighted by atomic mass is 10.3. The van der Waals surface area contributed by atoms with E-state index in [-0.39, 0.29) is 11.9 Å². The molecule has 9 nitrogen and oxygen atoms in total. The second kappa shape index (κ2) is 8.77. The summed E-state index contributed by atoms with van der Waals surface area (Å²) >= 11 is 1.66. The van der Waals surface area contributed by atoms with E-state index < -0.39 is 0 Å². The third-order valence-electron chi connectivity index (χ3n) is 2.86. The van der Waals surface area contributed by atoms with Gasteiger partial charge in [-0.2, -0.15) is 4.99 Å². The van der Waals surface area contributed by atoms with Crippen LogP contribution in [0.1, 0.15) is 5.69 Å². The molecule has 0 aliphatic heterocycles. The van der Waals surface area contributed by atoms with Crippen molar-refractivity contribution in [1.82, 2.24) is 15.0 Å². The van der Waals surface area contributed by atoms with Crippen LogP contribution in [0.15, 0.2) is 45.3 Å². The Balaban J connectivity index is 1.83. The van der Waals surface area contributed by atoms with Crippen LogP contribution in [-0.2, 0) is 12.3 Å². The summed E-state index contributed by atoms with van der Waals surface area (Å²) in [6.45, 7) is 0.950. The number of rotatable bonds is 7.